The molecule has 0 saturated heterocycles. The lowest BCUT2D eigenvalue weighted by molar-refractivity contribution is -0.384. The number of nitro groups is 1. The van der Waals surface area contributed by atoms with Gasteiger partial charge in [0.15, 0.2) is 0 Å². The van der Waals surface area contributed by atoms with Gasteiger partial charge in [-0.05, 0) is 25.5 Å². The molecular formula is C20H21N7O2. The predicted molar refractivity (Wildman–Crippen MR) is 108 cm³/mol. The highest BCUT2D eigenvalue weighted by atomic mass is 16.6. The van der Waals surface area contributed by atoms with Crippen molar-refractivity contribution in [2.45, 2.75) is 20.4 Å². The standard InChI is InChI=1S/C20H21N7O2/c1-13-17(10-21-24(13)3)19-9-20(18-11-22-25(4)14(18)2)26(23-19)12-15-5-7-16(8-6-15)27(28)29/h5-11H,12H2,1-4H3. The molecule has 4 aromatic rings. The molecule has 0 aliphatic heterocycles. The average Bonchev–Trinajstić information content (AvgIpc) is 3.35. The van der Waals surface area contributed by atoms with Gasteiger partial charge in [-0.3, -0.25) is 24.2 Å². The van der Waals surface area contributed by atoms with Crippen LogP contribution < -0.4 is 0 Å². The smallest absolute Gasteiger partial charge is 0.269 e. The summed E-state index contributed by atoms with van der Waals surface area (Å²) in [7, 11) is 3.81. The van der Waals surface area contributed by atoms with Crippen LogP contribution in [0, 0.1) is 24.0 Å². The summed E-state index contributed by atoms with van der Waals surface area (Å²) in [5, 5.41) is 24.4. The number of aromatic nitrogens is 6. The Bertz CT molecular complexity index is 1200. The SMILES string of the molecule is Cc1c(-c2cc(-c3cnn(C)c3C)n(Cc3ccc([N+](=O)[O-])cc3)n2)cnn1C. The van der Waals surface area contributed by atoms with E-state index in [1.165, 1.54) is 12.1 Å². The first-order chi connectivity index (χ1) is 13.8. The van der Waals surface area contributed by atoms with Gasteiger partial charge in [0.05, 0.1) is 35.2 Å². The molecule has 0 amide bonds. The third-order valence-corrected chi connectivity index (χ3v) is 5.28. The van der Waals surface area contributed by atoms with E-state index < -0.39 is 4.92 Å². The first-order valence-electron chi connectivity index (χ1n) is 9.14. The van der Waals surface area contributed by atoms with Crippen LogP contribution in [-0.4, -0.2) is 34.3 Å². The van der Waals surface area contributed by atoms with Crippen molar-refractivity contribution in [1.82, 2.24) is 29.3 Å². The second kappa shape index (κ2) is 7.01. The van der Waals surface area contributed by atoms with Crippen molar-refractivity contribution < 1.29 is 4.92 Å². The van der Waals surface area contributed by atoms with E-state index in [-0.39, 0.29) is 5.69 Å². The maximum atomic E-state index is 10.9. The lowest BCUT2D eigenvalue weighted by Crippen LogP contribution is -2.05. The number of aryl methyl sites for hydroxylation is 2. The molecule has 0 bridgehead atoms. The molecule has 4 rings (SSSR count). The van der Waals surface area contributed by atoms with Crippen LogP contribution >= 0.6 is 0 Å². The fraction of sp³-hybridized carbons (Fsp3) is 0.250. The minimum Gasteiger partial charge on any atom is -0.272 e. The number of rotatable bonds is 5. The molecule has 9 nitrogen and oxygen atoms in total. The summed E-state index contributed by atoms with van der Waals surface area (Å²) in [4.78, 5) is 10.5. The molecule has 9 heteroatoms. The van der Waals surface area contributed by atoms with Gasteiger partial charge in [0, 0.05) is 48.7 Å². The maximum absolute atomic E-state index is 10.9. The molecule has 0 saturated carbocycles. The van der Waals surface area contributed by atoms with Gasteiger partial charge >= 0.3 is 0 Å². The van der Waals surface area contributed by atoms with E-state index in [2.05, 4.69) is 10.2 Å². The molecule has 0 aliphatic rings. The predicted octanol–water partition coefficient (Wildman–Crippen LogP) is 3.26. The van der Waals surface area contributed by atoms with Gasteiger partial charge in [0.2, 0.25) is 0 Å². The van der Waals surface area contributed by atoms with Gasteiger partial charge in [0.1, 0.15) is 0 Å². The maximum Gasteiger partial charge on any atom is 0.269 e. The summed E-state index contributed by atoms with van der Waals surface area (Å²) in [6, 6.07) is 8.59. The summed E-state index contributed by atoms with van der Waals surface area (Å²) in [6.45, 7) is 4.51. The number of nitrogens with zero attached hydrogens (tertiary/aromatic N) is 7. The Balaban J connectivity index is 1.79. The minimum atomic E-state index is -0.397. The molecule has 0 fully saturated rings. The van der Waals surface area contributed by atoms with Gasteiger partial charge in [-0.2, -0.15) is 15.3 Å². The van der Waals surface area contributed by atoms with E-state index in [0.717, 1.165) is 39.5 Å². The summed E-state index contributed by atoms with van der Waals surface area (Å²) < 4.78 is 5.56. The highest BCUT2D eigenvalue weighted by Gasteiger charge is 2.18. The van der Waals surface area contributed by atoms with Gasteiger partial charge < -0.3 is 0 Å². The lowest BCUT2D eigenvalue weighted by atomic mass is 10.1. The van der Waals surface area contributed by atoms with Crippen LogP contribution in [0.15, 0.2) is 42.7 Å². The molecule has 3 aromatic heterocycles. The van der Waals surface area contributed by atoms with E-state index in [9.17, 15) is 10.1 Å². The first kappa shape index (κ1) is 18.6. The van der Waals surface area contributed by atoms with Crippen molar-refractivity contribution in [2.75, 3.05) is 0 Å². The van der Waals surface area contributed by atoms with Crippen LogP contribution in [0.1, 0.15) is 17.0 Å². The largest absolute Gasteiger partial charge is 0.272 e. The van der Waals surface area contributed by atoms with Crippen LogP contribution in [0.3, 0.4) is 0 Å². The topological polar surface area (TPSA) is 96.6 Å². The highest BCUT2D eigenvalue weighted by molar-refractivity contribution is 5.70. The van der Waals surface area contributed by atoms with E-state index >= 15 is 0 Å². The van der Waals surface area contributed by atoms with Crippen molar-refractivity contribution in [3.05, 3.63) is 69.8 Å². The zero-order valence-corrected chi connectivity index (χ0v) is 16.7. The monoisotopic (exact) mass is 391 g/mol. The molecule has 3 heterocycles. The number of hydrogen-bond donors (Lipinski definition) is 0. The minimum absolute atomic E-state index is 0.0733. The molecular weight excluding hydrogens is 370 g/mol. The van der Waals surface area contributed by atoms with Crippen molar-refractivity contribution in [3.63, 3.8) is 0 Å². The molecule has 148 valence electrons. The number of hydrogen-bond acceptors (Lipinski definition) is 5. The molecule has 0 radical (unpaired) electrons. The van der Waals surface area contributed by atoms with Crippen LogP contribution in [0.5, 0.6) is 0 Å². The molecule has 0 N–H and O–H groups in total. The summed E-state index contributed by atoms with van der Waals surface area (Å²) in [5.74, 6) is 0. The van der Waals surface area contributed by atoms with Crippen molar-refractivity contribution in [2.24, 2.45) is 14.1 Å². The third kappa shape index (κ3) is 3.31. The van der Waals surface area contributed by atoms with Crippen LogP contribution in [0.25, 0.3) is 22.5 Å². The Morgan fingerprint density at radius 3 is 2.07 bits per heavy atom. The Kier molecular flexibility index (Phi) is 4.50. The zero-order chi connectivity index (χ0) is 20.7. The number of non-ortho nitro benzene ring substituents is 1. The Morgan fingerprint density at radius 1 is 0.966 bits per heavy atom. The lowest BCUT2D eigenvalue weighted by Gasteiger charge is -2.07. The molecule has 0 unspecified atom stereocenters. The van der Waals surface area contributed by atoms with E-state index in [1.807, 2.05) is 60.4 Å². The normalized spacial score (nSPS) is 11.2. The van der Waals surface area contributed by atoms with Crippen LogP contribution in [0.2, 0.25) is 0 Å². The van der Waals surface area contributed by atoms with Gasteiger partial charge in [-0.15, -0.1) is 0 Å². The second-order valence-electron chi connectivity index (χ2n) is 7.03. The molecule has 1 aromatic carbocycles. The molecule has 0 aliphatic carbocycles. The van der Waals surface area contributed by atoms with Crippen LogP contribution in [-0.2, 0) is 20.6 Å². The second-order valence-corrected chi connectivity index (χ2v) is 7.03. The number of nitro benzene ring substituents is 1. The van der Waals surface area contributed by atoms with E-state index in [4.69, 9.17) is 5.10 Å². The van der Waals surface area contributed by atoms with Crippen molar-refractivity contribution in [1.29, 1.82) is 0 Å². The van der Waals surface area contributed by atoms with E-state index in [1.54, 1.807) is 12.1 Å². The van der Waals surface area contributed by atoms with Gasteiger partial charge in [0.25, 0.3) is 5.69 Å². The highest BCUT2D eigenvalue weighted by Crippen LogP contribution is 2.30. The van der Waals surface area contributed by atoms with Gasteiger partial charge in [-0.1, -0.05) is 12.1 Å². The molecule has 0 atom stereocenters. The zero-order valence-electron chi connectivity index (χ0n) is 16.7. The number of benzene rings is 1. The summed E-state index contributed by atoms with van der Waals surface area (Å²) in [6.07, 6.45) is 3.65. The average molecular weight is 391 g/mol. The van der Waals surface area contributed by atoms with Crippen LogP contribution in [0.4, 0.5) is 5.69 Å². The van der Waals surface area contributed by atoms with Gasteiger partial charge in [-0.25, -0.2) is 0 Å². The first-order valence-corrected chi connectivity index (χ1v) is 9.14. The Hall–Kier alpha value is -3.75. The Morgan fingerprint density at radius 2 is 1.55 bits per heavy atom. The fourth-order valence-electron chi connectivity index (χ4n) is 3.28. The third-order valence-electron chi connectivity index (χ3n) is 5.28. The summed E-state index contributed by atoms with van der Waals surface area (Å²) >= 11 is 0. The quantitative estimate of drug-likeness (QED) is 0.384. The molecule has 29 heavy (non-hydrogen) atoms. The Labute approximate surface area is 167 Å². The molecule has 0 spiro atoms. The fourth-order valence-corrected chi connectivity index (χ4v) is 3.28. The van der Waals surface area contributed by atoms with Crippen molar-refractivity contribution >= 4 is 5.69 Å². The van der Waals surface area contributed by atoms with E-state index in [0.29, 0.717) is 6.54 Å². The summed E-state index contributed by atoms with van der Waals surface area (Å²) in [5.41, 5.74) is 6.79. The van der Waals surface area contributed by atoms with Crippen molar-refractivity contribution in [3.8, 4) is 22.5 Å².